The highest BCUT2D eigenvalue weighted by molar-refractivity contribution is 9.15. The van der Waals surface area contributed by atoms with Crippen LogP contribution < -0.4 is 0 Å². The highest BCUT2D eigenvalue weighted by Gasteiger charge is 2.30. The number of aliphatic hydroxyl groups excluding tert-OH is 2. The zero-order valence-corrected chi connectivity index (χ0v) is 21.5. The van der Waals surface area contributed by atoms with Crippen molar-refractivity contribution in [2.24, 2.45) is 0 Å². The molecule has 0 spiro atoms. The average molecular weight is 656 g/mol. The quantitative estimate of drug-likeness (QED) is 0.169. The lowest BCUT2D eigenvalue weighted by Crippen LogP contribution is -2.21. The second kappa shape index (κ2) is 12.6. The van der Waals surface area contributed by atoms with Crippen molar-refractivity contribution in [2.45, 2.75) is 32.5 Å². The Morgan fingerprint density at radius 2 is 1.39 bits per heavy atom. The van der Waals surface area contributed by atoms with Gasteiger partial charge in [-0.05, 0) is 84.0 Å². The second-order valence-corrected chi connectivity index (χ2v) is 8.96. The number of carbonyl (C=O) groups excluding carboxylic acids is 2. The summed E-state index contributed by atoms with van der Waals surface area (Å²) in [5.41, 5.74) is -0.0666. The zero-order valence-electron chi connectivity index (χ0n) is 15.1. The van der Waals surface area contributed by atoms with E-state index in [2.05, 4.69) is 63.7 Å². The molecule has 0 amide bonds. The van der Waals surface area contributed by atoms with Crippen molar-refractivity contribution < 1.29 is 34.0 Å². The molecule has 1 aromatic carbocycles. The van der Waals surface area contributed by atoms with Gasteiger partial charge in [-0.15, -0.1) is 0 Å². The second-order valence-electron chi connectivity index (χ2n) is 5.78. The van der Waals surface area contributed by atoms with Gasteiger partial charge < -0.3 is 24.4 Å². The van der Waals surface area contributed by atoms with Crippen LogP contribution >= 0.6 is 63.7 Å². The molecular formula is C17H20Br4O7. The minimum atomic E-state index is -0.849. The molecular weight excluding hydrogens is 636 g/mol. The Bertz CT molecular complexity index is 709. The SMILES string of the molecule is CC(O)COC(=O)c1c(Br)c(Br)c(Br)c(Br)c1C(=O)OCCOC(C)CCO. The molecule has 158 valence electrons. The van der Waals surface area contributed by atoms with Gasteiger partial charge in [0.2, 0.25) is 0 Å². The van der Waals surface area contributed by atoms with Crippen LogP contribution in [-0.2, 0) is 14.2 Å². The molecule has 0 fully saturated rings. The van der Waals surface area contributed by atoms with E-state index in [9.17, 15) is 14.7 Å². The van der Waals surface area contributed by atoms with E-state index in [-0.39, 0.29) is 43.7 Å². The Hall–Kier alpha value is -0.0400. The van der Waals surface area contributed by atoms with Crippen molar-refractivity contribution in [3.8, 4) is 0 Å². The van der Waals surface area contributed by atoms with Gasteiger partial charge in [-0.25, -0.2) is 9.59 Å². The molecule has 2 unspecified atom stereocenters. The van der Waals surface area contributed by atoms with Crippen molar-refractivity contribution in [2.75, 3.05) is 26.4 Å². The van der Waals surface area contributed by atoms with Crippen LogP contribution in [0.2, 0.25) is 0 Å². The molecule has 0 aliphatic heterocycles. The van der Waals surface area contributed by atoms with E-state index in [1.54, 1.807) is 6.92 Å². The van der Waals surface area contributed by atoms with Gasteiger partial charge in [0.05, 0.1) is 29.9 Å². The van der Waals surface area contributed by atoms with Crippen LogP contribution in [0.3, 0.4) is 0 Å². The number of ether oxygens (including phenoxy) is 3. The summed E-state index contributed by atoms with van der Waals surface area (Å²) in [6, 6.07) is 0. The molecule has 0 saturated heterocycles. The minimum Gasteiger partial charge on any atom is -0.460 e. The fourth-order valence-corrected chi connectivity index (χ4v) is 4.45. The first-order chi connectivity index (χ1) is 13.1. The van der Waals surface area contributed by atoms with Crippen molar-refractivity contribution in [3.63, 3.8) is 0 Å². The topological polar surface area (TPSA) is 102 Å². The van der Waals surface area contributed by atoms with E-state index in [1.165, 1.54) is 6.92 Å². The Labute approximate surface area is 196 Å². The third-order valence-electron chi connectivity index (χ3n) is 3.39. The van der Waals surface area contributed by atoms with Crippen LogP contribution in [0.25, 0.3) is 0 Å². The van der Waals surface area contributed by atoms with E-state index in [0.29, 0.717) is 24.3 Å². The van der Waals surface area contributed by atoms with Crippen LogP contribution in [0, 0.1) is 0 Å². The maximum atomic E-state index is 12.7. The van der Waals surface area contributed by atoms with E-state index < -0.39 is 18.0 Å². The van der Waals surface area contributed by atoms with E-state index in [4.69, 9.17) is 19.3 Å². The third kappa shape index (κ3) is 7.33. The Morgan fingerprint density at radius 3 is 1.86 bits per heavy atom. The summed E-state index contributed by atoms with van der Waals surface area (Å²) in [5, 5.41) is 18.2. The number of halogens is 4. The Morgan fingerprint density at radius 1 is 0.893 bits per heavy atom. The highest BCUT2D eigenvalue weighted by Crippen LogP contribution is 2.42. The predicted molar refractivity (Wildman–Crippen MR) is 117 cm³/mol. The largest absolute Gasteiger partial charge is 0.460 e. The lowest BCUT2D eigenvalue weighted by molar-refractivity contribution is 0.00572. The van der Waals surface area contributed by atoms with Crippen molar-refractivity contribution in [1.29, 1.82) is 0 Å². The van der Waals surface area contributed by atoms with Crippen LogP contribution in [0.1, 0.15) is 41.0 Å². The first kappa shape index (κ1) is 26.0. The molecule has 1 aromatic rings. The van der Waals surface area contributed by atoms with Gasteiger partial charge in [0.15, 0.2) is 0 Å². The summed E-state index contributed by atoms with van der Waals surface area (Å²) in [7, 11) is 0. The summed E-state index contributed by atoms with van der Waals surface area (Å²) < 4.78 is 17.3. The molecule has 7 nitrogen and oxygen atoms in total. The molecule has 1 rings (SSSR count). The lowest BCUT2D eigenvalue weighted by atomic mass is 10.1. The van der Waals surface area contributed by atoms with Gasteiger partial charge >= 0.3 is 11.9 Å². The first-order valence-corrected chi connectivity index (χ1v) is 11.4. The Balaban J connectivity index is 3.05. The van der Waals surface area contributed by atoms with E-state index >= 15 is 0 Å². The van der Waals surface area contributed by atoms with Crippen LogP contribution in [0.4, 0.5) is 0 Å². The van der Waals surface area contributed by atoms with Gasteiger partial charge in [0.25, 0.3) is 0 Å². The standard InChI is InChI=1S/C17H20Br4O7/c1-8(23)7-28-17(25)11-10(12(18)14(20)15(21)13(11)19)16(24)27-6-5-26-9(2)3-4-22/h8-9,22-23H,3-7H2,1-2H3. The maximum absolute atomic E-state index is 12.7. The molecule has 2 atom stereocenters. The summed E-state index contributed by atoms with van der Waals surface area (Å²) >= 11 is 13.3. The van der Waals surface area contributed by atoms with Gasteiger partial charge in [0.1, 0.15) is 13.2 Å². The minimum absolute atomic E-state index is 0.00672. The van der Waals surface area contributed by atoms with Gasteiger partial charge in [-0.1, -0.05) is 0 Å². The fourth-order valence-electron chi connectivity index (χ4n) is 2.00. The van der Waals surface area contributed by atoms with Crippen LogP contribution in [-0.4, -0.2) is 60.8 Å². The van der Waals surface area contributed by atoms with Crippen LogP contribution in [0.15, 0.2) is 17.9 Å². The first-order valence-electron chi connectivity index (χ1n) is 8.22. The third-order valence-corrected chi connectivity index (χ3v) is 8.15. The van der Waals surface area contributed by atoms with E-state index in [0.717, 1.165) is 0 Å². The molecule has 11 heteroatoms. The molecule has 0 aliphatic rings. The number of hydrogen-bond acceptors (Lipinski definition) is 7. The smallest absolute Gasteiger partial charge is 0.340 e. The van der Waals surface area contributed by atoms with Gasteiger partial charge in [-0.3, -0.25) is 0 Å². The number of rotatable bonds is 10. The van der Waals surface area contributed by atoms with Crippen LogP contribution in [0.5, 0.6) is 0 Å². The molecule has 2 N–H and O–H groups in total. The summed E-state index contributed by atoms with van der Waals surface area (Å²) in [4.78, 5) is 25.2. The summed E-state index contributed by atoms with van der Waals surface area (Å²) in [5.74, 6) is -1.54. The molecule has 0 aromatic heterocycles. The molecule has 0 saturated carbocycles. The molecule has 28 heavy (non-hydrogen) atoms. The number of esters is 2. The van der Waals surface area contributed by atoms with Gasteiger partial charge in [0, 0.05) is 24.5 Å². The number of carbonyl (C=O) groups is 2. The fraction of sp³-hybridized carbons (Fsp3) is 0.529. The molecule has 0 heterocycles. The van der Waals surface area contributed by atoms with E-state index in [1.807, 2.05) is 0 Å². The average Bonchev–Trinajstić information content (AvgIpc) is 2.64. The molecule has 0 radical (unpaired) electrons. The maximum Gasteiger partial charge on any atom is 0.340 e. The summed E-state index contributed by atoms with van der Waals surface area (Å²) in [6.07, 6.45) is -0.540. The lowest BCUT2D eigenvalue weighted by Gasteiger charge is -2.17. The zero-order chi connectivity index (χ0) is 21.4. The van der Waals surface area contributed by atoms with Gasteiger partial charge in [-0.2, -0.15) is 0 Å². The van der Waals surface area contributed by atoms with Crippen molar-refractivity contribution in [1.82, 2.24) is 0 Å². The number of hydrogen-bond donors (Lipinski definition) is 2. The monoisotopic (exact) mass is 652 g/mol. The summed E-state index contributed by atoms with van der Waals surface area (Å²) in [6.45, 7) is 3.17. The predicted octanol–water partition coefficient (Wildman–Crippen LogP) is 4.22. The Kier molecular flexibility index (Phi) is 11.7. The number of benzene rings is 1. The molecule has 0 bridgehead atoms. The molecule has 0 aliphatic carbocycles. The van der Waals surface area contributed by atoms with Crippen molar-refractivity contribution >= 4 is 75.7 Å². The highest BCUT2D eigenvalue weighted by atomic mass is 79.9. The normalized spacial score (nSPS) is 13.1. The number of aliphatic hydroxyl groups is 2. The van der Waals surface area contributed by atoms with Crippen molar-refractivity contribution in [3.05, 3.63) is 29.0 Å².